The lowest BCUT2D eigenvalue weighted by Crippen LogP contribution is -2.19. The number of pyridine rings is 1. The van der Waals surface area contributed by atoms with Crippen molar-refractivity contribution >= 4 is 0 Å². The number of nitriles is 1. The third-order valence-corrected chi connectivity index (χ3v) is 1.48. The van der Waals surface area contributed by atoms with Crippen LogP contribution in [0.1, 0.15) is 26.5 Å². The average molecular weight is 178 g/mol. The van der Waals surface area contributed by atoms with E-state index < -0.39 is 0 Å². The molecule has 3 heteroatoms. The molecule has 0 spiro atoms. The van der Waals surface area contributed by atoms with E-state index in [0.29, 0.717) is 12.2 Å². The van der Waals surface area contributed by atoms with Gasteiger partial charge in [-0.25, -0.2) is 0 Å². The molecule has 0 aliphatic carbocycles. The third kappa shape index (κ3) is 2.75. The van der Waals surface area contributed by atoms with Crippen LogP contribution in [-0.4, -0.2) is 4.57 Å². The van der Waals surface area contributed by atoms with Crippen LogP contribution in [0.2, 0.25) is 0 Å². The predicted molar refractivity (Wildman–Crippen MR) is 52.4 cm³/mol. The van der Waals surface area contributed by atoms with Gasteiger partial charge in [-0.3, -0.25) is 4.79 Å². The first-order valence-electron chi connectivity index (χ1n) is 4.39. The van der Waals surface area contributed by atoms with Gasteiger partial charge in [0.05, 0.1) is 0 Å². The van der Waals surface area contributed by atoms with E-state index in [1.165, 1.54) is 10.6 Å². The number of aromatic nitrogens is 1. The second-order valence-electron chi connectivity index (χ2n) is 2.11. The van der Waals surface area contributed by atoms with E-state index in [-0.39, 0.29) is 5.56 Å². The number of hydrogen-bond acceptors (Lipinski definition) is 2. The van der Waals surface area contributed by atoms with Gasteiger partial charge in [-0.1, -0.05) is 19.9 Å². The van der Waals surface area contributed by atoms with Crippen LogP contribution in [0.15, 0.2) is 23.0 Å². The lowest BCUT2D eigenvalue weighted by Gasteiger charge is -2.01. The Labute approximate surface area is 78.2 Å². The fourth-order valence-electron chi connectivity index (χ4n) is 0.944. The van der Waals surface area contributed by atoms with Gasteiger partial charge >= 0.3 is 0 Å². The minimum atomic E-state index is -0.119. The van der Waals surface area contributed by atoms with Gasteiger partial charge in [0.15, 0.2) is 0 Å². The van der Waals surface area contributed by atoms with Gasteiger partial charge < -0.3 is 4.57 Å². The molecule has 0 saturated carbocycles. The fraction of sp³-hybridized carbons (Fsp3) is 0.400. The van der Waals surface area contributed by atoms with Crippen molar-refractivity contribution in [2.45, 2.75) is 27.3 Å². The van der Waals surface area contributed by atoms with Crippen molar-refractivity contribution in [3.05, 3.63) is 34.2 Å². The normalized spacial score (nSPS) is 8.15. The van der Waals surface area contributed by atoms with Crippen LogP contribution in [-0.2, 0) is 6.54 Å². The van der Waals surface area contributed by atoms with Gasteiger partial charge in [0.25, 0.3) is 5.56 Å². The molecular formula is C10H14N2O. The summed E-state index contributed by atoms with van der Waals surface area (Å²) in [5, 5.41) is 8.56. The van der Waals surface area contributed by atoms with Crippen molar-refractivity contribution in [2.75, 3.05) is 0 Å². The van der Waals surface area contributed by atoms with Crippen molar-refractivity contribution in [1.29, 1.82) is 5.26 Å². The summed E-state index contributed by atoms with van der Waals surface area (Å²) in [5.41, 5.74) is 0.298. The first-order chi connectivity index (χ1) is 6.29. The molecule has 1 heterocycles. The Balaban J connectivity index is 0.000000671. The van der Waals surface area contributed by atoms with Crippen LogP contribution < -0.4 is 5.56 Å². The van der Waals surface area contributed by atoms with Crippen LogP contribution in [0.4, 0.5) is 0 Å². The van der Waals surface area contributed by atoms with Crippen molar-refractivity contribution < 1.29 is 0 Å². The molecule has 1 aromatic rings. The largest absolute Gasteiger partial charge is 0.300 e. The molecule has 0 aromatic carbocycles. The molecule has 0 aliphatic rings. The maximum Gasteiger partial charge on any atom is 0.251 e. The summed E-state index contributed by atoms with van der Waals surface area (Å²) >= 11 is 0. The molecule has 0 bridgehead atoms. The summed E-state index contributed by atoms with van der Waals surface area (Å²) in [7, 11) is 0. The summed E-state index contributed by atoms with van der Waals surface area (Å²) in [6, 6.07) is 6.62. The van der Waals surface area contributed by atoms with Crippen LogP contribution in [0.5, 0.6) is 0 Å². The standard InChI is InChI=1S/C8H8N2O.C2H6/c1-2-10-7(6-9)4-3-5-8(10)11;1-2/h3-5H,2H2,1H3;1-2H3. The van der Waals surface area contributed by atoms with E-state index in [1.807, 2.05) is 26.8 Å². The Hall–Kier alpha value is -1.56. The highest BCUT2D eigenvalue weighted by Crippen LogP contribution is 1.92. The smallest absolute Gasteiger partial charge is 0.251 e. The maximum atomic E-state index is 11.0. The van der Waals surface area contributed by atoms with E-state index in [0.717, 1.165) is 0 Å². The fourth-order valence-corrected chi connectivity index (χ4v) is 0.944. The van der Waals surface area contributed by atoms with Crippen LogP contribution in [0, 0.1) is 11.3 Å². The van der Waals surface area contributed by atoms with E-state index in [9.17, 15) is 4.79 Å². The Morgan fingerprint density at radius 1 is 1.46 bits per heavy atom. The number of rotatable bonds is 1. The summed E-state index contributed by atoms with van der Waals surface area (Å²) < 4.78 is 1.43. The summed E-state index contributed by atoms with van der Waals surface area (Å²) in [4.78, 5) is 11.0. The predicted octanol–water partition coefficient (Wildman–Crippen LogP) is 1.77. The van der Waals surface area contributed by atoms with Crippen molar-refractivity contribution in [3.63, 3.8) is 0 Å². The third-order valence-electron chi connectivity index (χ3n) is 1.48. The second-order valence-corrected chi connectivity index (χ2v) is 2.11. The van der Waals surface area contributed by atoms with E-state index in [1.54, 1.807) is 12.1 Å². The molecule has 1 aromatic heterocycles. The molecule has 0 unspecified atom stereocenters. The lowest BCUT2D eigenvalue weighted by atomic mass is 10.3. The topological polar surface area (TPSA) is 45.8 Å². The highest BCUT2D eigenvalue weighted by Gasteiger charge is 1.97. The molecule has 0 N–H and O–H groups in total. The summed E-state index contributed by atoms with van der Waals surface area (Å²) in [6.45, 7) is 6.38. The number of nitrogens with zero attached hydrogens (tertiary/aromatic N) is 2. The first kappa shape index (κ1) is 11.4. The Morgan fingerprint density at radius 3 is 2.46 bits per heavy atom. The highest BCUT2D eigenvalue weighted by atomic mass is 16.1. The lowest BCUT2D eigenvalue weighted by molar-refractivity contribution is 0.716. The Kier molecular flexibility index (Phi) is 5.29. The molecule has 70 valence electrons. The SMILES string of the molecule is CC.CCn1c(C#N)cccc1=O. The van der Waals surface area contributed by atoms with Gasteiger partial charge in [0.2, 0.25) is 0 Å². The molecule has 0 atom stereocenters. The van der Waals surface area contributed by atoms with Crippen LogP contribution in [0.3, 0.4) is 0 Å². The highest BCUT2D eigenvalue weighted by molar-refractivity contribution is 5.20. The molecule has 3 nitrogen and oxygen atoms in total. The van der Waals surface area contributed by atoms with E-state index in [2.05, 4.69) is 0 Å². The molecule has 0 radical (unpaired) electrons. The van der Waals surface area contributed by atoms with Gasteiger partial charge in [0, 0.05) is 12.6 Å². The Morgan fingerprint density at radius 2 is 2.08 bits per heavy atom. The van der Waals surface area contributed by atoms with Gasteiger partial charge in [-0.2, -0.15) is 5.26 Å². The van der Waals surface area contributed by atoms with Crippen LogP contribution >= 0.6 is 0 Å². The molecular weight excluding hydrogens is 164 g/mol. The van der Waals surface area contributed by atoms with Crippen molar-refractivity contribution in [1.82, 2.24) is 4.57 Å². The molecule has 13 heavy (non-hydrogen) atoms. The zero-order valence-corrected chi connectivity index (χ0v) is 8.24. The number of hydrogen-bond donors (Lipinski definition) is 0. The molecule has 0 aliphatic heterocycles. The van der Waals surface area contributed by atoms with Gasteiger partial charge in [0.1, 0.15) is 11.8 Å². The van der Waals surface area contributed by atoms with E-state index >= 15 is 0 Å². The van der Waals surface area contributed by atoms with Gasteiger partial charge in [-0.05, 0) is 13.0 Å². The van der Waals surface area contributed by atoms with E-state index in [4.69, 9.17) is 5.26 Å². The minimum Gasteiger partial charge on any atom is -0.300 e. The Bertz CT molecular complexity index is 347. The average Bonchev–Trinajstić information content (AvgIpc) is 2.20. The second kappa shape index (κ2) is 6.01. The summed E-state index contributed by atoms with van der Waals surface area (Å²) in [5.74, 6) is 0. The van der Waals surface area contributed by atoms with Crippen LogP contribution in [0.25, 0.3) is 0 Å². The zero-order chi connectivity index (χ0) is 10.3. The maximum absolute atomic E-state index is 11.0. The minimum absolute atomic E-state index is 0.119. The molecule has 0 saturated heterocycles. The zero-order valence-electron chi connectivity index (χ0n) is 8.24. The molecule has 0 fully saturated rings. The van der Waals surface area contributed by atoms with Crippen molar-refractivity contribution in [2.24, 2.45) is 0 Å². The molecule has 1 rings (SSSR count). The van der Waals surface area contributed by atoms with Crippen molar-refractivity contribution in [3.8, 4) is 6.07 Å². The molecule has 0 amide bonds. The first-order valence-corrected chi connectivity index (χ1v) is 4.39. The van der Waals surface area contributed by atoms with Gasteiger partial charge in [-0.15, -0.1) is 0 Å². The quantitative estimate of drug-likeness (QED) is 0.657. The monoisotopic (exact) mass is 178 g/mol. The summed E-state index contributed by atoms with van der Waals surface area (Å²) in [6.07, 6.45) is 0.